The van der Waals surface area contributed by atoms with Gasteiger partial charge in [-0.1, -0.05) is 24.3 Å². The highest BCUT2D eigenvalue weighted by molar-refractivity contribution is 5.67. The van der Waals surface area contributed by atoms with Gasteiger partial charge in [-0.05, 0) is 24.3 Å². The van der Waals surface area contributed by atoms with Gasteiger partial charge in [-0.3, -0.25) is 0 Å². The van der Waals surface area contributed by atoms with E-state index < -0.39 is 34.9 Å². The Bertz CT molecular complexity index is 574. The second-order valence-corrected chi connectivity index (χ2v) is 4.21. The molecule has 0 aliphatic carbocycles. The molecule has 0 aromatic heterocycles. The molecule has 0 saturated carbocycles. The van der Waals surface area contributed by atoms with Crippen molar-refractivity contribution in [3.05, 3.63) is 59.7 Å². The van der Waals surface area contributed by atoms with E-state index in [-0.39, 0.29) is 0 Å². The minimum Gasteiger partial charge on any atom is -0.355 e. The van der Waals surface area contributed by atoms with Crippen molar-refractivity contribution in [1.29, 1.82) is 0 Å². The number of anilines is 2. The topological polar surface area (TPSA) is 12.0 Å². The summed E-state index contributed by atoms with van der Waals surface area (Å²) in [5.41, 5.74) is -2.91. The van der Waals surface area contributed by atoms with Crippen LogP contribution in [-0.2, 0) is 12.4 Å². The van der Waals surface area contributed by atoms with Crippen LogP contribution in [0.5, 0.6) is 0 Å². The first-order valence-electron chi connectivity index (χ1n) is 5.79. The van der Waals surface area contributed by atoms with E-state index in [9.17, 15) is 26.3 Å². The molecule has 112 valence electrons. The average molecular weight is 305 g/mol. The number of hydrogen-bond donors (Lipinski definition) is 1. The first-order valence-corrected chi connectivity index (χ1v) is 5.79. The second-order valence-electron chi connectivity index (χ2n) is 4.21. The first kappa shape index (κ1) is 15.2. The molecule has 0 atom stereocenters. The van der Waals surface area contributed by atoms with E-state index in [1.807, 2.05) is 0 Å². The Morgan fingerprint density at radius 1 is 0.571 bits per heavy atom. The van der Waals surface area contributed by atoms with Crippen molar-refractivity contribution in [1.82, 2.24) is 0 Å². The van der Waals surface area contributed by atoms with Crippen LogP contribution in [0.1, 0.15) is 11.1 Å². The van der Waals surface area contributed by atoms with Crippen molar-refractivity contribution in [2.45, 2.75) is 12.4 Å². The third kappa shape index (κ3) is 3.48. The second kappa shape index (κ2) is 5.31. The Morgan fingerprint density at radius 2 is 0.905 bits per heavy atom. The lowest BCUT2D eigenvalue weighted by atomic mass is 10.1. The van der Waals surface area contributed by atoms with Gasteiger partial charge in [0.25, 0.3) is 0 Å². The Hall–Kier alpha value is -2.18. The molecule has 0 bridgehead atoms. The molecule has 0 unspecified atom stereocenters. The summed E-state index contributed by atoms with van der Waals surface area (Å²) < 4.78 is 76.9. The molecule has 0 fully saturated rings. The standard InChI is InChI=1S/C14H9F6N/c15-13(16,17)9-5-1-3-7-11(9)21-12-8-4-2-6-10(12)14(18,19)20/h1-8,21H. The molecule has 0 spiro atoms. The highest BCUT2D eigenvalue weighted by Crippen LogP contribution is 2.39. The minimum atomic E-state index is -4.66. The number of benzene rings is 2. The number of hydrogen-bond acceptors (Lipinski definition) is 1. The van der Waals surface area contributed by atoms with Gasteiger partial charge in [0.2, 0.25) is 0 Å². The van der Waals surface area contributed by atoms with Crippen molar-refractivity contribution in [3.8, 4) is 0 Å². The Labute approximate surface area is 116 Å². The number of nitrogens with one attached hydrogen (secondary N) is 1. The fourth-order valence-electron chi connectivity index (χ4n) is 1.82. The summed E-state index contributed by atoms with van der Waals surface area (Å²) >= 11 is 0. The van der Waals surface area contributed by atoms with Gasteiger partial charge < -0.3 is 5.32 Å². The Kier molecular flexibility index (Phi) is 3.85. The van der Waals surface area contributed by atoms with Crippen LogP contribution < -0.4 is 5.32 Å². The van der Waals surface area contributed by atoms with Crippen LogP contribution in [0.2, 0.25) is 0 Å². The molecule has 1 nitrogen and oxygen atoms in total. The summed E-state index contributed by atoms with van der Waals surface area (Å²) in [5, 5.41) is 2.21. The van der Waals surface area contributed by atoms with Crippen LogP contribution in [-0.4, -0.2) is 0 Å². The maximum atomic E-state index is 12.8. The molecule has 7 heteroatoms. The lowest BCUT2D eigenvalue weighted by molar-refractivity contribution is -0.137. The zero-order chi connectivity index (χ0) is 15.7. The van der Waals surface area contributed by atoms with Gasteiger partial charge in [-0.25, -0.2) is 0 Å². The lowest BCUT2D eigenvalue weighted by Crippen LogP contribution is -2.12. The van der Waals surface area contributed by atoms with Gasteiger partial charge in [0.1, 0.15) is 0 Å². The van der Waals surface area contributed by atoms with E-state index in [0.29, 0.717) is 0 Å². The van der Waals surface area contributed by atoms with Crippen molar-refractivity contribution >= 4 is 11.4 Å². The van der Waals surface area contributed by atoms with E-state index in [1.54, 1.807) is 0 Å². The van der Waals surface area contributed by atoms with Crippen molar-refractivity contribution in [2.75, 3.05) is 5.32 Å². The molecule has 2 aromatic carbocycles. The quantitative estimate of drug-likeness (QED) is 0.726. The molecule has 0 radical (unpaired) electrons. The largest absolute Gasteiger partial charge is 0.418 e. The summed E-state index contributed by atoms with van der Waals surface area (Å²) in [7, 11) is 0. The predicted octanol–water partition coefficient (Wildman–Crippen LogP) is 5.47. The summed E-state index contributed by atoms with van der Waals surface area (Å²) in [5.74, 6) is 0. The van der Waals surface area contributed by atoms with Crippen molar-refractivity contribution in [3.63, 3.8) is 0 Å². The van der Waals surface area contributed by atoms with Crippen LogP contribution >= 0.6 is 0 Å². The number of para-hydroxylation sites is 2. The zero-order valence-electron chi connectivity index (χ0n) is 10.4. The SMILES string of the molecule is FC(F)(F)c1ccccc1Nc1ccccc1C(F)(F)F. The summed E-state index contributed by atoms with van der Waals surface area (Å²) in [4.78, 5) is 0. The molecule has 2 aromatic rings. The molecule has 0 amide bonds. The van der Waals surface area contributed by atoms with Crippen molar-refractivity contribution < 1.29 is 26.3 Å². The summed E-state index contributed by atoms with van der Waals surface area (Å²) in [6.07, 6.45) is -9.31. The first-order chi connectivity index (χ1) is 9.69. The predicted molar refractivity (Wildman–Crippen MR) is 66.2 cm³/mol. The molecule has 0 saturated heterocycles. The summed E-state index contributed by atoms with van der Waals surface area (Å²) in [6.45, 7) is 0. The van der Waals surface area contributed by atoms with E-state index in [0.717, 1.165) is 24.3 Å². The van der Waals surface area contributed by atoms with Crippen LogP contribution in [0.25, 0.3) is 0 Å². The van der Waals surface area contributed by atoms with Crippen LogP contribution in [0.4, 0.5) is 37.7 Å². The molecular weight excluding hydrogens is 296 g/mol. The van der Waals surface area contributed by atoms with E-state index >= 15 is 0 Å². The zero-order valence-corrected chi connectivity index (χ0v) is 10.4. The molecule has 2 rings (SSSR count). The third-order valence-electron chi connectivity index (χ3n) is 2.73. The third-order valence-corrected chi connectivity index (χ3v) is 2.73. The monoisotopic (exact) mass is 305 g/mol. The van der Waals surface area contributed by atoms with Gasteiger partial charge in [0.15, 0.2) is 0 Å². The van der Waals surface area contributed by atoms with E-state index in [4.69, 9.17) is 0 Å². The maximum absolute atomic E-state index is 12.8. The van der Waals surface area contributed by atoms with Gasteiger partial charge in [0, 0.05) is 0 Å². The van der Waals surface area contributed by atoms with Gasteiger partial charge in [-0.15, -0.1) is 0 Å². The number of rotatable bonds is 2. The van der Waals surface area contributed by atoms with E-state index in [1.165, 1.54) is 24.3 Å². The highest BCUT2D eigenvalue weighted by atomic mass is 19.4. The fraction of sp³-hybridized carbons (Fsp3) is 0.143. The Morgan fingerprint density at radius 3 is 1.24 bits per heavy atom. The van der Waals surface area contributed by atoms with Gasteiger partial charge in [-0.2, -0.15) is 26.3 Å². The smallest absolute Gasteiger partial charge is 0.355 e. The number of alkyl halides is 6. The van der Waals surface area contributed by atoms with E-state index in [2.05, 4.69) is 5.32 Å². The van der Waals surface area contributed by atoms with Crippen molar-refractivity contribution in [2.24, 2.45) is 0 Å². The molecular formula is C14H9F6N. The van der Waals surface area contributed by atoms with Gasteiger partial charge in [0.05, 0.1) is 22.5 Å². The lowest BCUT2D eigenvalue weighted by Gasteiger charge is -2.17. The molecule has 1 N–H and O–H groups in total. The average Bonchev–Trinajstić information content (AvgIpc) is 2.37. The molecule has 0 heterocycles. The molecule has 0 aliphatic rings. The molecule has 0 aliphatic heterocycles. The minimum absolute atomic E-state index is 0.429. The fourth-order valence-corrected chi connectivity index (χ4v) is 1.82. The summed E-state index contributed by atoms with van der Waals surface area (Å²) in [6, 6.07) is 8.73. The van der Waals surface area contributed by atoms with Crippen LogP contribution in [0.3, 0.4) is 0 Å². The Balaban J connectivity index is 2.45. The number of halogens is 6. The normalized spacial score (nSPS) is 12.3. The highest BCUT2D eigenvalue weighted by Gasteiger charge is 2.35. The molecule has 21 heavy (non-hydrogen) atoms. The maximum Gasteiger partial charge on any atom is 0.418 e. The van der Waals surface area contributed by atoms with Gasteiger partial charge >= 0.3 is 12.4 Å². The van der Waals surface area contributed by atoms with Crippen LogP contribution in [0, 0.1) is 0 Å². The van der Waals surface area contributed by atoms with Crippen LogP contribution in [0.15, 0.2) is 48.5 Å².